The number of rotatable bonds is 13. The summed E-state index contributed by atoms with van der Waals surface area (Å²) < 4.78 is 29.1. The number of benzene rings is 3. The van der Waals surface area contributed by atoms with Gasteiger partial charge in [-0.15, -0.1) is 0 Å². The van der Waals surface area contributed by atoms with Gasteiger partial charge in [0.2, 0.25) is 11.8 Å². The van der Waals surface area contributed by atoms with Crippen molar-refractivity contribution in [2.75, 3.05) is 17.4 Å². The van der Waals surface area contributed by atoms with Crippen molar-refractivity contribution in [2.24, 2.45) is 0 Å². The molecule has 220 valence electrons. The second-order valence-corrected chi connectivity index (χ2v) is 12.7. The van der Waals surface area contributed by atoms with Crippen LogP contribution in [0.5, 0.6) is 0 Å². The molecule has 10 heteroatoms. The van der Waals surface area contributed by atoms with Crippen molar-refractivity contribution < 1.29 is 18.0 Å². The Morgan fingerprint density at radius 3 is 2.15 bits per heavy atom. The minimum atomic E-state index is -4.18. The smallest absolute Gasteiger partial charge is 0.264 e. The first-order valence-electron chi connectivity index (χ1n) is 13.6. The molecule has 0 aromatic heterocycles. The van der Waals surface area contributed by atoms with Gasteiger partial charge in [-0.05, 0) is 74.2 Å². The third kappa shape index (κ3) is 8.47. The standard InChI is InChI=1S/C31H37Cl2N3O4S/c1-5-7-18-34-31(38)28(6-2)35(20-24-11-14-25(32)15-12-24)30(37)21-36(29-19-26(33)13-10-23(29)4)41(39,40)27-16-8-22(3)9-17-27/h8-17,19,28H,5-7,18,20-21H2,1-4H3,(H,34,38)/t28-/m1/s1. The minimum absolute atomic E-state index is 0.0453. The summed E-state index contributed by atoms with van der Waals surface area (Å²) in [5.74, 6) is -0.803. The number of nitrogens with zero attached hydrogens (tertiary/aromatic N) is 2. The molecule has 0 unspecified atom stereocenters. The van der Waals surface area contributed by atoms with Gasteiger partial charge in [0.05, 0.1) is 10.6 Å². The third-order valence-electron chi connectivity index (χ3n) is 6.81. The summed E-state index contributed by atoms with van der Waals surface area (Å²) >= 11 is 12.4. The maximum atomic E-state index is 14.1. The monoisotopic (exact) mass is 617 g/mol. The molecule has 0 saturated heterocycles. The fraction of sp³-hybridized carbons (Fsp3) is 0.355. The second-order valence-electron chi connectivity index (χ2n) is 9.97. The lowest BCUT2D eigenvalue weighted by Crippen LogP contribution is -2.52. The molecule has 3 aromatic carbocycles. The summed E-state index contributed by atoms with van der Waals surface area (Å²) in [6.07, 6.45) is 2.07. The highest BCUT2D eigenvalue weighted by Gasteiger charge is 2.34. The van der Waals surface area contributed by atoms with Crippen LogP contribution in [0.4, 0.5) is 5.69 Å². The number of hydrogen-bond acceptors (Lipinski definition) is 4. The van der Waals surface area contributed by atoms with Crippen LogP contribution in [0.3, 0.4) is 0 Å². The van der Waals surface area contributed by atoms with Crippen LogP contribution in [-0.2, 0) is 26.2 Å². The fourth-order valence-electron chi connectivity index (χ4n) is 4.41. The van der Waals surface area contributed by atoms with Crippen LogP contribution in [0.1, 0.15) is 49.8 Å². The summed E-state index contributed by atoms with van der Waals surface area (Å²) in [6.45, 7) is 7.55. The Labute approximate surface area is 253 Å². The summed E-state index contributed by atoms with van der Waals surface area (Å²) in [7, 11) is -4.18. The van der Waals surface area contributed by atoms with E-state index >= 15 is 0 Å². The van der Waals surface area contributed by atoms with E-state index in [1.807, 2.05) is 20.8 Å². The Kier molecular flexibility index (Phi) is 11.6. The molecule has 3 rings (SSSR count). The Bertz CT molecular complexity index is 1450. The topological polar surface area (TPSA) is 86.8 Å². The third-order valence-corrected chi connectivity index (χ3v) is 9.07. The van der Waals surface area contributed by atoms with Crippen LogP contribution >= 0.6 is 23.2 Å². The first-order valence-corrected chi connectivity index (χ1v) is 15.8. The maximum absolute atomic E-state index is 14.1. The van der Waals surface area contributed by atoms with E-state index in [-0.39, 0.29) is 17.3 Å². The van der Waals surface area contributed by atoms with Crippen molar-refractivity contribution in [3.63, 3.8) is 0 Å². The average Bonchev–Trinajstić information content (AvgIpc) is 2.94. The molecule has 41 heavy (non-hydrogen) atoms. The zero-order valence-corrected chi connectivity index (χ0v) is 26.2. The summed E-state index contributed by atoms with van der Waals surface area (Å²) in [4.78, 5) is 28.9. The van der Waals surface area contributed by atoms with Gasteiger partial charge in [0.1, 0.15) is 12.6 Å². The number of halogens is 2. The molecule has 0 aliphatic carbocycles. The highest BCUT2D eigenvalue weighted by molar-refractivity contribution is 7.92. The lowest BCUT2D eigenvalue weighted by atomic mass is 10.1. The number of anilines is 1. The van der Waals surface area contributed by atoms with E-state index in [4.69, 9.17) is 23.2 Å². The molecular weight excluding hydrogens is 581 g/mol. The van der Waals surface area contributed by atoms with E-state index < -0.39 is 28.5 Å². The van der Waals surface area contributed by atoms with E-state index in [1.54, 1.807) is 55.5 Å². The summed E-state index contributed by atoms with van der Waals surface area (Å²) in [5.41, 5.74) is 2.58. The average molecular weight is 619 g/mol. The van der Waals surface area contributed by atoms with Crippen LogP contribution in [-0.4, -0.2) is 44.3 Å². The van der Waals surface area contributed by atoms with Gasteiger partial charge < -0.3 is 10.2 Å². The quantitative estimate of drug-likeness (QED) is 0.221. The molecule has 0 spiro atoms. The van der Waals surface area contributed by atoms with Crippen molar-refractivity contribution in [1.29, 1.82) is 0 Å². The van der Waals surface area contributed by atoms with Gasteiger partial charge in [0.15, 0.2) is 0 Å². The Hall–Kier alpha value is -3.07. The Morgan fingerprint density at radius 1 is 0.902 bits per heavy atom. The SMILES string of the molecule is CCCCNC(=O)[C@@H](CC)N(Cc1ccc(Cl)cc1)C(=O)CN(c1cc(Cl)ccc1C)S(=O)(=O)c1ccc(C)cc1. The van der Waals surface area contributed by atoms with Gasteiger partial charge in [-0.1, -0.05) is 79.4 Å². The zero-order valence-electron chi connectivity index (χ0n) is 23.9. The van der Waals surface area contributed by atoms with Gasteiger partial charge in [0.25, 0.3) is 10.0 Å². The predicted octanol–water partition coefficient (Wildman–Crippen LogP) is 6.53. The first kappa shape index (κ1) is 32.4. The molecule has 1 N–H and O–H groups in total. The maximum Gasteiger partial charge on any atom is 0.264 e. The zero-order chi connectivity index (χ0) is 30.2. The van der Waals surface area contributed by atoms with Crippen molar-refractivity contribution in [3.8, 4) is 0 Å². The van der Waals surface area contributed by atoms with E-state index in [0.717, 1.165) is 28.3 Å². The predicted molar refractivity (Wildman–Crippen MR) is 166 cm³/mol. The molecule has 0 bridgehead atoms. The van der Waals surface area contributed by atoms with E-state index in [2.05, 4.69) is 5.32 Å². The minimum Gasteiger partial charge on any atom is -0.354 e. The Balaban J connectivity index is 2.07. The second kappa shape index (κ2) is 14.7. The molecule has 0 heterocycles. The first-order chi connectivity index (χ1) is 19.5. The molecular formula is C31H37Cl2N3O4S. The highest BCUT2D eigenvalue weighted by atomic mass is 35.5. The van der Waals surface area contributed by atoms with Crippen LogP contribution in [0.25, 0.3) is 0 Å². The molecule has 0 saturated carbocycles. The number of sulfonamides is 1. The van der Waals surface area contributed by atoms with Crippen LogP contribution in [0.15, 0.2) is 71.6 Å². The van der Waals surface area contributed by atoms with E-state index in [9.17, 15) is 18.0 Å². The number of amides is 2. The lowest BCUT2D eigenvalue weighted by Gasteiger charge is -2.33. The van der Waals surface area contributed by atoms with Crippen LogP contribution < -0.4 is 9.62 Å². The van der Waals surface area contributed by atoms with Crippen LogP contribution in [0, 0.1) is 13.8 Å². The highest BCUT2D eigenvalue weighted by Crippen LogP contribution is 2.30. The van der Waals surface area contributed by atoms with E-state index in [0.29, 0.717) is 34.3 Å². The molecule has 3 aromatic rings. The van der Waals surface area contributed by atoms with Gasteiger partial charge >= 0.3 is 0 Å². The van der Waals surface area contributed by atoms with E-state index in [1.165, 1.54) is 23.1 Å². The number of carbonyl (C=O) groups excluding carboxylic acids is 2. The summed E-state index contributed by atoms with van der Waals surface area (Å²) in [6, 6.07) is 17.5. The number of hydrogen-bond donors (Lipinski definition) is 1. The molecule has 1 atom stereocenters. The number of nitrogens with one attached hydrogen (secondary N) is 1. The van der Waals surface area contributed by atoms with Gasteiger partial charge in [-0.3, -0.25) is 13.9 Å². The number of aryl methyl sites for hydroxylation is 2. The molecule has 0 aliphatic heterocycles. The molecule has 2 amide bonds. The van der Waals surface area contributed by atoms with Gasteiger partial charge in [0, 0.05) is 23.1 Å². The van der Waals surface area contributed by atoms with Crippen molar-refractivity contribution >= 4 is 50.7 Å². The van der Waals surface area contributed by atoms with Crippen molar-refractivity contribution in [3.05, 3.63) is 93.5 Å². The van der Waals surface area contributed by atoms with Crippen molar-refractivity contribution in [2.45, 2.75) is 64.4 Å². The molecule has 0 radical (unpaired) electrons. The van der Waals surface area contributed by atoms with Crippen molar-refractivity contribution in [1.82, 2.24) is 10.2 Å². The summed E-state index contributed by atoms with van der Waals surface area (Å²) in [5, 5.41) is 3.80. The largest absolute Gasteiger partial charge is 0.354 e. The van der Waals surface area contributed by atoms with Gasteiger partial charge in [-0.2, -0.15) is 0 Å². The van der Waals surface area contributed by atoms with Gasteiger partial charge in [-0.25, -0.2) is 8.42 Å². The molecule has 0 fully saturated rings. The normalized spacial score (nSPS) is 12.0. The number of carbonyl (C=O) groups is 2. The Morgan fingerprint density at radius 2 is 1.54 bits per heavy atom. The lowest BCUT2D eigenvalue weighted by molar-refractivity contribution is -0.140. The fourth-order valence-corrected chi connectivity index (χ4v) is 6.18. The molecule has 0 aliphatic rings. The van der Waals surface area contributed by atoms with Crippen LogP contribution in [0.2, 0.25) is 10.0 Å². The number of unbranched alkanes of at least 4 members (excludes halogenated alkanes) is 1. The molecule has 7 nitrogen and oxygen atoms in total.